The Morgan fingerprint density at radius 3 is 1.28 bits per heavy atom. The van der Waals surface area contributed by atoms with Gasteiger partial charge in [-0.3, -0.25) is 0 Å². The molecule has 81 heavy (non-hydrogen) atoms. The van der Waals surface area contributed by atoms with Gasteiger partial charge in [0.2, 0.25) is 6.71 Å². The van der Waals surface area contributed by atoms with Gasteiger partial charge in [0, 0.05) is 56.0 Å². The molecule has 0 atom stereocenters. The Morgan fingerprint density at radius 1 is 0.395 bits per heavy atom. The molecule has 11 rings (SSSR count). The van der Waals surface area contributed by atoms with Crippen LogP contribution >= 0.6 is 12.6 Å². The number of benzene rings is 7. The summed E-state index contributed by atoms with van der Waals surface area (Å²) in [6.45, 7) is 47.5. The standard InChI is InChI=1S/C76H92BN3S/c1-69(2,3)48-21-28-52(29-22-48)78(53-30-23-49(24-31-53)70(4,5)6)56-43-64-68-65(44-56)80(55-34-35-58-59(42-55)74(15,16)38-37-73(58,13)14)63-46-61-60(75(17,18)39-40-76(61,19)20)45-62(63)77(68)47-66(57-41-51(72(10,11)12)27-36-67(57)81)79(64)54-32-25-50(26-33-54)71(7,8)9/h21-36,41-47,81H,37-40H2,1-20H3. The monoisotopic (exact) mass is 1090 g/mol. The highest BCUT2D eigenvalue weighted by Crippen LogP contribution is 2.55. The fourth-order valence-corrected chi connectivity index (χ4v) is 14.0. The van der Waals surface area contributed by atoms with Crippen molar-refractivity contribution in [3.8, 4) is 0 Å². The van der Waals surface area contributed by atoms with Crippen LogP contribution in [0.4, 0.5) is 45.5 Å². The molecule has 2 heterocycles. The van der Waals surface area contributed by atoms with E-state index in [0.29, 0.717) is 0 Å². The molecule has 0 unspecified atom stereocenters. The molecule has 2 aliphatic carbocycles. The Labute approximate surface area is 495 Å². The molecular formula is C76H92BN3S. The fraction of sp³-hybridized carbons (Fsp3) is 0.421. The zero-order valence-corrected chi connectivity index (χ0v) is 53.9. The van der Waals surface area contributed by atoms with Crippen molar-refractivity contribution in [3.63, 3.8) is 0 Å². The van der Waals surface area contributed by atoms with Gasteiger partial charge in [-0.05, 0) is 203 Å². The van der Waals surface area contributed by atoms with Crippen LogP contribution in [-0.4, -0.2) is 6.71 Å². The van der Waals surface area contributed by atoms with Gasteiger partial charge in [-0.1, -0.05) is 199 Å². The van der Waals surface area contributed by atoms with E-state index in [1.165, 1.54) is 84.6 Å². The summed E-state index contributed by atoms with van der Waals surface area (Å²) in [6, 6.07) is 53.1. The first-order chi connectivity index (χ1) is 37.5. The molecule has 4 aliphatic rings. The second kappa shape index (κ2) is 19.1. The molecule has 0 radical (unpaired) electrons. The Bertz CT molecular complexity index is 3580. The van der Waals surface area contributed by atoms with Crippen LogP contribution in [0, 0.1) is 0 Å². The first-order valence-corrected chi connectivity index (χ1v) is 30.8. The first kappa shape index (κ1) is 56.9. The van der Waals surface area contributed by atoms with Crippen LogP contribution in [0.5, 0.6) is 0 Å². The maximum atomic E-state index is 5.43. The highest BCUT2D eigenvalue weighted by Gasteiger charge is 2.46. The van der Waals surface area contributed by atoms with E-state index < -0.39 is 0 Å². The summed E-state index contributed by atoms with van der Waals surface area (Å²) in [4.78, 5) is 8.80. The van der Waals surface area contributed by atoms with Crippen LogP contribution in [0.2, 0.25) is 0 Å². The second-order valence-electron chi connectivity index (χ2n) is 31.5. The summed E-state index contributed by atoms with van der Waals surface area (Å²) < 4.78 is 0. The average Bonchev–Trinajstić information content (AvgIpc) is 2.99. The lowest BCUT2D eigenvalue weighted by atomic mass is 9.36. The molecule has 0 bridgehead atoms. The quantitative estimate of drug-likeness (QED) is 0.131. The molecule has 0 saturated carbocycles. The summed E-state index contributed by atoms with van der Waals surface area (Å²) in [6.07, 6.45) is 4.60. The van der Waals surface area contributed by atoms with E-state index in [9.17, 15) is 0 Å². The van der Waals surface area contributed by atoms with Crippen molar-refractivity contribution in [1.82, 2.24) is 0 Å². The number of hydrogen-bond donors (Lipinski definition) is 1. The lowest BCUT2D eigenvalue weighted by molar-refractivity contribution is 0.332. The number of fused-ring (bicyclic) bond motifs is 4. The molecule has 0 aromatic heterocycles. The first-order valence-electron chi connectivity index (χ1n) is 30.3. The van der Waals surface area contributed by atoms with Crippen molar-refractivity contribution < 1.29 is 0 Å². The number of rotatable bonds is 6. The van der Waals surface area contributed by atoms with Crippen LogP contribution in [-0.2, 0) is 43.3 Å². The third-order valence-electron chi connectivity index (χ3n) is 19.5. The van der Waals surface area contributed by atoms with Crippen LogP contribution in [0.3, 0.4) is 0 Å². The minimum Gasteiger partial charge on any atom is -0.311 e. The molecule has 420 valence electrons. The number of anilines is 8. The molecule has 0 fully saturated rings. The van der Waals surface area contributed by atoms with E-state index in [1.807, 2.05) is 0 Å². The second-order valence-corrected chi connectivity index (χ2v) is 32.0. The van der Waals surface area contributed by atoms with Crippen LogP contribution in [0.25, 0.3) is 5.70 Å². The maximum absolute atomic E-state index is 5.43. The Hall–Kier alpha value is -5.91. The van der Waals surface area contributed by atoms with E-state index in [1.54, 1.807) is 0 Å². The van der Waals surface area contributed by atoms with E-state index in [0.717, 1.165) is 58.2 Å². The van der Waals surface area contributed by atoms with Crippen LogP contribution in [0.1, 0.15) is 214 Å². The third kappa shape index (κ3) is 10.0. The van der Waals surface area contributed by atoms with Crippen LogP contribution in [0.15, 0.2) is 144 Å². The maximum Gasteiger partial charge on any atom is 0.244 e. The van der Waals surface area contributed by atoms with Gasteiger partial charge in [0.1, 0.15) is 0 Å². The molecule has 0 N–H and O–H groups in total. The lowest BCUT2D eigenvalue weighted by Crippen LogP contribution is -2.54. The molecule has 3 nitrogen and oxygen atoms in total. The van der Waals surface area contributed by atoms with Gasteiger partial charge < -0.3 is 14.7 Å². The van der Waals surface area contributed by atoms with Gasteiger partial charge in [0.05, 0.1) is 5.69 Å². The summed E-state index contributed by atoms with van der Waals surface area (Å²) in [7, 11) is 0. The topological polar surface area (TPSA) is 9.72 Å². The molecule has 2 aliphatic heterocycles. The predicted octanol–water partition coefficient (Wildman–Crippen LogP) is 20.5. The lowest BCUT2D eigenvalue weighted by Gasteiger charge is -2.47. The highest BCUT2D eigenvalue weighted by atomic mass is 32.1. The Balaban J connectivity index is 1.31. The average molecular weight is 1090 g/mol. The zero-order chi connectivity index (χ0) is 58.5. The van der Waals surface area contributed by atoms with Gasteiger partial charge >= 0.3 is 0 Å². The largest absolute Gasteiger partial charge is 0.311 e. The van der Waals surface area contributed by atoms with E-state index in [4.69, 9.17) is 12.6 Å². The Morgan fingerprint density at radius 2 is 0.802 bits per heavy atom. The SMILES string of the molecule is CC(C)(C)c1ccc(N2C(c3cc(C(C)(C)C)ccc3S)=CB3c4cc5c(cc4N(c4ccc6c(c4)C(C)(C)CCC6(C)C)c4cc(N(c6ccc(C(C)(C)C)cc6)c6ccc(C(C)(C)C)cc6)cc2c43)C(C)(C)CCC5(C)C)cc1. The molecule has 0 spiro atoms. The minimum absolute atomic E-state index is 0.000153. The van der Waals surface area contributed by atoms with Gasteiger partial charge in [-0.25, -0.2) is 0 Å². The van der Waals surface area contributed by atoms with Crippen molar-refractivity contribution in [1.29, 1.82) is 0 Å². The molecular weight excluding hydrogens is 998 g/mol. The zero-order valence-electron chi connectivity index (χ0n) is 53.0. The molecule has 0 saturated heterocycles. The molecule has 5 heteroatoms. The minimum atomic E-state index is -0.0808. The number of thiol groups is 1. The van der Waals surface area contributed by atoms with E-state index in [2.05, 4.69) is 293 Å². The summed E-state index contributed by atoms with van der Waals surface area (Å²) in [5.41, 5.74) is 25.4. The Kier molecular flexibility index (Phi) is 13.4. The van der Waals surface area contributed by atoms with Gasteiger partial charge in [-0.2, -0.15) is 0 Å². The fourth-order valence-electron chi connectivity index (χ4n) is 13.8. The predicted molar refractivity (Wildman–Crippen MR) is 356 cm³/mol. The molecule has 7 aromatic carbocycles. The number of hydrogen-bond acceptors (Lipinski definition) is 4. The van der Waals surface area contributed by atoms with Crippen molar-refractivity contribution in [2.75, 3.05) is 14.7 Å². The molecule has 7 aromatic rings. The van der Waals surface area contributed by atoms with Gasteiger partial charge in [0.15, 0.2) is 0 Å². The van der Waals surface area contributed by atoms with Gasteiger partial charge in [0.25, 0.3) is 0 Å². The van der Waals surface area contributed by atoms with Gasteiger partial charge in [-0.15, -0.1) is 12.6 Å². The highest BCUT2D eigenvalue weighted by molar-refractivity contribution is 7.80. The van der Waals surface area contributed by atoms with Crippen molar-refractivity contribution in [2.45, 2.75) is 212 Å². The van der Waals surface area contributed by atoms with Crippen molar-refractivity contribution in [3.05, 3.63) is 190 Å². The third-order valence-corrected chi connectivity index (χ3v) is 19.9. The van der Waals surface area contributed by atoms with Crippen LogP contribution < -0.4 is 25.6 Å². The number of nitrogens with zero attached hydrogens (tertiary/aromatic N) is 3. The van der Waals surface area contributed by atoms with E-state index >= 15 is 0 Å². The normalized spacial score (nSPS) is 17.9. The smallest absolute Gasteiger partial charge is 0.244 e. The molecule has 0 amide bonds. The van der Waals surface area contributed by atoms with Crippen molar-refractivity contribution in [2.24, 2.45) is 0 Å². The van der Waals surface area contributed by atoms with E-state index in [-0.39, 0.29) is 50.0 Å². The summed E-state index contributed by atoms with van der Waals surface area (Å²) >= 11 is 5.43. The van der Waals surface area contributed by atoms with Crippen molar-refractivity contribution >= 4 is 81.5 Å². The summed E-state index contributed by atoms with van der Waals surface area (Å²) in [5, 5.41) is 0. The summed E-state index contributed by atoms with van der Waals surface area (Å²) in [5.74, 6) is 2.63.